The van der Waals surface area contributed by atoms with E-state index in [1.54, 1.807) is 72.8 Å². The van der Waals surface area contributed by atoms with Crippen molar-refractivity contribution in [3.05, 3.63) is 140 Å². The summed E-state index contributed by atoms with van der Waals surface area (Å²) >= 11 is 0. The van der Waals surface area contributed by atoms with Crippen molar-refractivity contribution in [2.75, 3.05) is 32.2 Å². The normalized spacial score (nSPS) is 16.4. The molecule has 0 bridgehead atoms. The second kappa shape index (κ2) is 16.2. The number of amides is 1. The number of carbonyl (C=O) groups excluding carboxylic acids is 1. The third kappa shape index (κ3) is 8.10. The number of rotatable bonds is 15. The quantitative estimate of drug-likeness (QED) is 0.0416. The predicted octanol–water partition coefficient (Wildman–Crippen LogP) is 6.72. The molecule has 0 radical (unpaired) electrons. The molecule has 1 aliphatic rings. The molecule has 1 amide bonds. The summed E-state index contributed by atoms with van der Waals surface area (Å²) in [6, 6.07) is 28.7. The predicted molar refractivity (Wildman–Crippen MR) is 187 cm³/mol. The van der Waals surface area contributed by atoms with Crippen LogP contribution in [0.2, 0.25) is 0 Å². The van der Waals surface area contributed by atoms with Crippen molar-refractivity contribution in [2.45, 2.75) is 31.0 Å². The lowest BCUT2D eigenvalue weighted by Gasteiger charge is -2.31. The summed E-state index contributed by atoms with van der Waals surface area (Å²) in [7, 11) is 3.92. The molecule has 3 N–H and O–H groups in total. The van der Waals surface area contributed by atoms with Crippen LogP contribution in [-0.4, -0.2) is 49.8 Å². The van der Waals surface area contributed by atoms with Crippen LogP contribution >= 0.6 is 0 Å². The number of aliphatic imine (C=N–C) groups is 1. The van der Waals surface area contributed by atoms with Crippen LogP contribution in [0.15, 0.2) is 112 Å². The summed E-state index contributed by atoms with van der Waals surface area (Å²) in [6.07, 6.45) is -0.604. The van der Waals surface area contributed by atoms with Crippen LogP contribution in [0.25, 0.3) is 20.9 Å². The second-order valence-corrected chi connectivity index (χ2v) is 11.4. The van der Waals surface area contributed by atoms with Crippen molar-refractivity contribution in [3.8, 4) is 5.75 Å². The number of aliphatic hydroxyl groups is 1. The Morgan fingerprint density at radius 1 is 0.959 bits per heavy atom. The summed E-state index contributed by atoms with van der Waals surface area (Å²) in [5.41, 5.74) is 27.1. The number of azide groups is 2. The van der Waals surface area contributed by atoms with E-state index in [-0.39, 0.29) is 24.6 Å². The number of benzene rings is 4. The Labute approximate surface area is 283 Å². The number of nitrogens with zero attached hydrogens (tertiary/aromatic N) is 8. The maximum absolute atomic E-state index is 14.6. The number of ether oxygens (including phenoxy) is 2. The number of carbonyl (C=O) groups is 1. The van der Waals surface area contributed by atoms with Gasteiger partial charge in [0.2, 0.25) is 5.90 Å². The minimum atomic E-state index is -1.67. The van der Waals surface area contributed by atoms with Gasteiger partial charge in [-0.3, -0.25) is 10.2 Å². The van der Waals surface area contributed by atoms with Crippen molar-refractivity contribution in [2.24, 2.45) is 15.2 Å². The Kier molecular flexibility index (Phi) is 11.3. The van der Waals surface area contributed by atoms with Gasteiger partial charge in [-0.05, 0) is 58.6 Å². The van der Waals surface area contributed by atoms with E-state index >= 15 is 0 Å². The molecule has 1 heterocycles. The molecule has 0 aliphatic carbocycles. The summed E-state index contributed by atoms with van der Waals surface area (Å²) in [5, 5.41) is 16.9. The molecule has 4 aromatic carbocycles. The SMILES string of the molecule is CN(C)c1ccc(CNNC(=O)[C@@]2(Cc3ccccc3N=[N+]=[N-])N=C(c3ccc(OCCCO)cc3)O[C@H]2c2ccccc2N=[N+]=[N-])cc1. The minimum Gasteiger partial charge on any atom is -0.494 e. The van der Waals surface area contributed by atoms with E-state index in [2.05, 4.69) is 30.9 Å². The first-order valence-corrected chi connectivity index (χ1v) is 15.6. The average molecular weight is 661 g/mol. The zero-order valence-electron chi connectivity index (χ0n) is 27.1. The van der Waals surface area contributed by atoms with Crippen LogP contribution in [0.1, 0.15) is 34.8 Å². The van der Waals surface area contributed by atoms with Gasteiger partial charge in [-0.25, -0.2) is 10.4 Å². The van der Waals surface area contributed by atoms with E-state index in [4.69, 9.17) is 19.6 Å². The largest absolute Gasteiger partial charge is 0.494 e. The summed E-state index contributed by atoms with van der Waals surface area (Å²) in [4.78, 5) is 27.6. The molecule has 0 spiro atoms. The van der Waals surface area contributed by atoms with Crippen molar-refractivity contribution in [1.82, 2.24) is 10.9 Å². The monoisotopic (exact) mass is 660 g/mol. The fourth-order valence-corrected chi connectivity index (χ4v) is 5.45. The number of hydrazine groups is 1. The molecule has 5 rings (SSSR count). The molecular formula is C35H36N10O4. The lowest BCUT2D eigenvalue weighted by molar-refractivity contribution is -0.130. The molecule has 0 fully saturated rings. The van der Waals surface area contributed by atoms with E-state index in [1.165, 1.54) is 0 Å². The maximum atomic E-state index is 14.6. The highest BCUT2D eigenvalue weighted by Crippen LogP contribution is 2.46. The maximum Gasteiger partial charge on any atom is 0.266 e. The Morgan fingerprint density at radius 3 is 2.33 bits per heavy atom. The fraction of sp³-hybridized carbons (Fsp3) is 0.257. The molecule has 0 aromatic heterocycles. The van der Waals surface area contributed by atoms with Gasteiger partial charge in [-0.1, -0.05) is 70.9 Å². The van der Waals surface area contributed by atoms with Crippen LogP contribution in [0.5, 0.6) is 5.75 Å². The van der Waals surface area contributed by atoms with E-state index < -0.39 is 17.6 Å². The van der Waals surface area contributed by atoms with Gasteiger partial charge in [-0.15, -0.1) is 0 Å². The number of anilines is 1. The molecule has 0 unspecified atom stereocenters. The lowest BCUT2D eigenvalue weighted by Crippen LogP contribution is -2.53. The van der Waals surface area contributed by atoms with Gasteiger partial charge in [-0.2, -0.15) is 0 Å². The number of hydrogen-bond donors (Lipinski definition) is 3. The van der Waals surface area contributed by atoms with E-state index in [0.29, 0.717) is 47.7 Å². The highest BCUT2D eigenvalue weighted by Gasteiger charge is 2.54. The zero-order valence-corrected chi connectivity index (χ0v) is 27.1. The molecule has 250 valence electrons. The van der Waals surface area contributed by atoms with Crippen molar-refractivity contribution >= 4 is 28.9 Å². The Bertz CT molecular complexity index is 1890. The van der Waals surface area contributed by atoms with Crippen LogP contribution in [0, 0.1) is 0 Å². The lowest BCUT2D eigenvalue weighted by atomic mass is 9.81. The third-order valence-corrected chi connectivity index (χ3v) is 7.95. The highest BCUT2D eigenvalue weighted by molar-refractivity contribution is 6.01. The Hall–Kier alpha value is -6.04. The van der Waals surface area contributed by atoms with Crippen molar-refractivity contribution in [3.63, 3.8) is 0 Å². The smallest absolute Gasteiger partial charge is 0.266 e. The van der Waals surface area contributed by atoms with Gasteiger partial charge in [0.05, 0.1) is 6.61 Å². The molecule has 4 aromatic rings. The molecule has 14 nitrogen and oxygen atoms in total. The minimum absolute atomic E-state index is 0.0198. The summed E-state index contributed by atoms with van der Waals surface area (Å²) in [5.74, 6) is 0.252. The summed E-state index contributed by atoms with van der Waals surface area (Å²) < 4.78 is 12.3. The highest BCUT2D eigenvalue weighted by atomic mass is 16.5. The molecule has 1 aliphatic heterocycles. The number of hydrogen-bond acceptors (Lipinski definition) is 9. The Morgan fingerprint density at radius 2 is 1.63 bits per heavy atom. The van der Waals surface area contributed by atoms with Crippen LogP contribution < -0.4 is 20.5 Å². The molecule has 0 saturated heterocycles. The van der Waals surface area contributed by atoms with E-state index in [1.807, 2.05) is 43.3 Å². The van der Waals surface area contributed by atoms with Gasteiger partial charge < -0.3 is 19.5 Å². The molecular weight excluding hydrogens is 624 g/mol. The van der Waals surface area contributed by atoms with E-state index in [0.717, 1.165) is 11.3 Å². The first kappa shape index (κ1) is 34.3. The van der Waals surface area contributed by atoms with Crippen LogP contribution in [0.3, 0.4) is 0 Å². The van der Waals surface area contributed by atoms with Gasteiger partial charge in [0, 0.05) is 78.1 Å². The van der Waals surface area contributed by atoms with Gasteiger partial charge in [0.15, 0.2) is 11.6 Å². The van der Waals surface area contributed by atoms with Crippen molar-refractivity contribution < 1.29 is 19.4 Å². The average Bonchev–Trinajstić information content (AvgIpc) is 3.50. The van der Waals surface area contributed by atoms with Gasteiger partial charge in [0.1, 0.15) is 5.75 Å². The molecule has 2 atom stereocenters. The van der Waals surface area contributed by atoms with Crippen molar-refractivity contribution in [1.29, 1.82) is 0 Å². The van der Waals surface area contributed by atoms with Crippen LogP contribution in [0.4, 0.5) is 17.1 Å². The second-order valence-electron chi connectivity index (χ2n) is 11.4. The molecule has 14 heteroatoms. The summed E-state index contributed by atoms with van der Waals surface area (Å²) in [6.45, 7) is 0.693. The topological polar surface area (TPSA) is 193 Å². The Balaban J connectivity index is 1.58. The third-order valence-electron chi connectivity index (χ3n) is 7.95. The van der Waals surface area contributed by atoms with Gasteiger partial charge >= 0.3 is 0 Å². The first-order chi connectivity index (χ1) is 23.9. The number of aliphatic hydroxyl groups excluding tert-OH is 1. The van der Waals surface area contributed by atoms with Gasteiger partial charge in [0.25, 0.3) is 5.91 Å². The number of nitrogens with one attached hydrogen (secondary N) is 2. The standard InChI is InChI=1S/C35H36N10O4/c1-45(2)27-16-12-24(13-17-27)23-38-42-34(47)35(22-26-8-3-5-10-30(26)40-43-36)32(29-9-4-6-11-31(29)41-44-37)49-33(39-35)25-14-18-28(19-15-25)48-21-7-20-46/h3-6,8-19,32,38,46H,7,20-23H2,1-2H3,(H,42,47)/t32-,35-/m0/s1. The first-order valence-electron chi connectivity index (χ1n) is 15.6. The zero-order chi connectivity index (χ0) is 34.6. The van der Waals surface area contributed by atoms with E-state index in [9.17, 15) is 15.9 Å². The molecule has 49 heavy (non-hydrogen) atoms. The fourth-order valence-electron chi connectivity index (χ4n) is 5.45. The van der Waals surface area contributed by atoms with Crippen LogP contribution in [-0.2, 0) is 22.5 Å². The molecule has 0 saturated carbocycles.